The van der Waals surface area contributed by atoms with Crippen molar-refractivity contribution in [1.29, 1.82) is 0 Å². The molecule has 0 aromatic carbocycles. The maximum atomic E-state index is 11.8. The topological polar surface area (TPSA) is 102 Å². The lowest BCUT2D eigenvalue weighted by Gasteiger charge is -2.36. The van der Waals surface area contributed by atoms with Gasteiger partial charge in [0.05, 0.1) is 19.6 Å². The number of nitrogens with two attached hydrogens (primary N) is 1. The van der Waals surface area contributed by atoms with Crippen molar-refractivity contribution >= 4 is 11.9 Å². The van der Waals surface area contributed by atoms with Crippen molar-refractivity contribution in [3.63, 3.8) is 0 Å². The second-order valence-corrected chi connectivity index (χ2v) is 5.55. The number of hydrogen-bond donors (Lipinski definition) is 3. The number of amides is 1. The van der Waals surface area contributed by atoms with E-state index in [2.05, 4.69) is 5.32 Å². The van der Waals surface area contributed by atoms with Crippen LogP contribution in [0.3, 0.4) is 0 Å². The lowest BCUT2D eigenvalue weighted by Crippen LogP contribution is -2.48. The highest BCUT2D eigenvalue weighted by molar-refractivity contribution is 5.81. The Bertz CT molecular complexity index is 327. The molecular formula is C14H26N2O4. The summed E-state index contributed by atoms with van der Waals surface area (Å²) < 4.78 is 5.03. The fourth-order valence-electron chi connectivity index (χ4n) is 2.72. The van der Waals surface area contributed by atoms with E-state index in [1.54, 1.807) is 6.92 Å². The highest BCUT2D eigenvalue weighted by atomic mass is 16.5. The number of aliphatic hydroxyl groups is 1. The molecule has 1 unspecified atom stereocenters. The van der Waals surface area contributed by atoms with Gasteiger partial charge in [0.2, 0.25) is 5.91 Å². The van der Waals surface area contributed by atoms with Crippen LogP contribution in [0.25, 0.3) is 0 Å². The van der Waals surface area contributed by atoms with E-state index in [0.717, 1.165) is 32.1 Å². The fourth-order valence-corrected chi connectivity index (χ4v) is 2.72. The fraction of sp³-hybridized carbons (Fsp3) is 0.857. The number of carbonyl (C=O) groups excluding carboxylic acids is 2. The summed E-state index contributed by atoms with van der Waals surface area (Å²) in [5, 5.41) is 11.6. The third kappa shape index (κ3) is 5.09. The van der Waals surface area contributed by atoms with E-state index >= 15 is 0 Å². The van der Waals surface area contributed by atoms with Crippen LogP contribution in [0.4, 0.5) is 0 Å². The Balaban J connectivity index is 2.59. The van der Waals surface area contributed by atoms with Crippen molar-refractivity contribution in [3.05, 3.63) is 0 Å². The summed E-state index contributed by atoms with van der Waals surface area (Å²) in [5.41, 5.74) is 5.24. The van der Waals surface area contributed by atoms with Crippen molar-refractivity contribution < 1.29 is 19.4 Å². The number of rotatable bonds is 7. The standard InChI is InChI=1S/C14H26N2O4/c1-2-20-12(18)8-14(6-4-3-5-7-14)10-16-13(19)11(15)9-17/h11,17H,2-10,15H2,1H3,(H,16,19). The lowest BCUT2D eigenvalue weighted by molar-refractivity contribution is -0.146. The Morgan fingerprint density at radius 1 is 1.35 bits per heavy atom. The first-order valence-corrected chi connectivity index (χ1v) is 7.33. The SMILES string of the molecule is CCOC(=O)CC1(CNC(=O)C(N)CO)CCCCC1. The van der Waals surface area contributed by atoms with Crippen molar-refractivity contribution in [2.75, 3.05) is 19.8 Å². The quantitative estimate of drug-likeness (QED) is 0.585. The number of aliphatic hydroxyl groups excluding tert-OH is 1. The van der Waals surface area contributed by atoms with E-state index in [9.17, 15) is 9.59 Å². The van der Waals surface area contributed by atoms with Gasteiger partial charge < -0.3 is 20.9 Å². The Morgan fingerprint density at radius 3 is 2.55 bits per heavy atom. The van der Waals surface area contributed by atoms with Gasteiger partial charge in [-0.1, -0.05) is 19.3 Å². The molecule has 0 heterocycles. The summed E-state index contributed by atoms with van der Waals surface area (Å²) in [6, 6.07) is -0.904. The van der Waals surface area contributed by atoms with E-state index in [0.29, 0.717) is 19.6 Å². The second kappa shape index (κ2) is 8.21. The molecule has 6 heteroatoms. The molecule has 1 aliphatic rings. The first kappa shape index (κ1) is 16.9. The van der Waals surface area contributed by atoms with Gasteiger partial charge in [-0.25, -0.2) is 0 Å². The summed E-state index contributed by atoms with van der Waals surface area (Å²) in [5.74, 6) is -0.587. The number of hydrogen-bond acceptors (Lipinski definition) is 5. The van der Waals surface area contributed by atoms with Crippen LogP contribution in [-0.2, 0) is 14.3 Å². The average Bonchev–Trinajstić information content (AvgIpc) is 2.45. The van der Waals surface area contributed by atoms with Gasteiger partial charge in [-0.15, -0.1) is 0 Å². The Hall–Kier alpha value is -1.14. The molecule has 20 heavy (non-hydrogen) atoms. The molecule has 6 nitrogen and oxygen atoms in total. The van der Waals surface area contributed by atoms with E-state index in [1.165, 1.54) is 0 Å². The summed E-state index contributed by atoms with van der Waals surface area (Å²) in [4.78, 5) is 23.4. The monoisotopic (exact) mass is 286 g/mol. The van der Waals surface area contributed by atoms with E-state index in [-0.39, 0.29) is 23.9 Å². The Morgan fingerprint density at radius 2 is 2.00 bits per heavy atom. The van der Waals surface area contributed by atoms with Crippen LogP contribution in [0.5, 0.6) is 0 Å². The molecule has 0 spiro atoms. The van der Waals surface area contributed by atoms with Gasteiger partial charge in [-0.3, -0.25) is 9.59 Å². The van der Waals surface area contributed by atoms with Crippen molar-refractivity contribution in [1.82, 2.24) is 5.32 Å². The number of ether oxygens (including phenoxy) is 1. The van der Waals surface area contributed by atoms with Gasteiger partial charge in [-0.05, 0) is 25.2 Å². The molecule has 1 amide bonds. The smallest absolute Gasteiger partial charge is 0.306 e. The summed E-state index contributed by atoms with van der Waals surface area (Å²) in [7, 11) is 0. The van der Waals surface area contributed by atoms with E-state index in [1.807, 2.05) is 0 Å². The van der Waals surface area contributed by atoms with Gasteiger partial charge in [0.15, 0.2) is 0 Å². The number of carbonyl (C=O) groups is 2. The zero-order valence-corrected chi connectivity index (χ0v) is 12.2. The second-order valence-electron chi connectivity index (χ2n) is 5.55. The highest BCUT2D eigenvalue weighted by Crippen LogP contribution is 2.39. The summed E-state index contributed by atoms with van der Waals surface area (Å²) in [6.45, 7) is 2.19. The molecule has 1 rings (SSSR count). The third-order valence-corrected chi connectivity index (χ3v) is 3.91. The molecule has 0 bridgehead atoms. The van der Waals surface area contributed by atoms with Crippen LogP contribution in [0.15, 0.2) is 0 Å². The highest BCUT2D eigenvalue weighted by Gasteiger charge is 2.35. The van der Waals surface area contributed by atoms with E-state index < -0.39 is 6.04 Å². The molecule has 1 atom stereocenters. The van der Waals surface area contributed by atoms with Crippen LogP contribution in [0.1, 0.15) is 45.4 Å². The molecule has 1 saturated carbocycles. The predicted octanol–water partition coefficient (Wildman–Crippen LogP) is 0.326. The first-order valence-electron chi connectivity index (χ1n) is 7.33. The Labute approximate surface area is 120 Å². The maximum Gasteiger partial charge on any atom is 0.306 e. The molecular weight excluding hydrogens is 260 g/mol. The molecule has 0 aromatic rings. The molecule has 0 saturated heterocycles. The molecule has 0 aromatic heterocycles. The normalized spacial score (nSPS) is 19.1. The van der Waals surface area contributed by atoms with Gasteiger partial charge in [0, 0.05) is 6.54 Å². The first-order chi connectivity index (χ1) is 9.53. The maximum absolute atomic E-state index is 11.8. The van der Waals surface area contributed by atoms with Crippen molar-refractivity contribution in [2.45, 2.75) is 51.5 Å². The summed E-state index contributed by atoms with van der Waals surface area (Å²) in [6.07, 6.45) is 5.41. The summed E-state index contributed by atoms with van der Waals surface area (Å²) >= 11 is 0. The Kier molecular flexibility index (Phi) is 6.95. The van der Waals surface area contributed by atoms with Gasteiger partial charge in [-0.2, -0.15) is 0 Å². The van der Waals surface area contributed by atoms with E-state index in [4.69, 9.17) is 15.6 Å². The number of esters is 1. The zero-order chi connectivity index (χ0) is 15.0. The third-order valence-electron chi connectivity index (χ3n) is 3.91. The molecule has 0 aliphatic heterocycles. The number of nitrogens with one attached hydrogen (secondary N) is 1. The average molecular weight is 286 g/mol. The van der Waals surface area contributed by atoms with Crippen LogP contribution < -0.4 is 11.1 Å². The van der Waals surface area contributed by atoms with Gasteiger partial charge in [0.25, 0.3) is 0 Å². The predicted molar refractivity (Wildman–Crippen MR) is 74.8 cm³/mol. The minimum absolute atomic E-state index is 0.213. The van der Waals surface area contributed by atoms with Crippen LogP contribution in [-0.4, -0.2) is 42.8 Å². The zero-order valence-electron chi connectivity index (χ0n) is 12.2. The molecule has 1 aliphatic carbocycles. The minimum Gasteiger partial charge on any atom is -0.466 e. The lowest BCUT2D eigenvalue weighted by atomic mass is 9.71. The largest absolute Gasteiger partial charge is 0.466 e. The molecule has 116 valence electrons. The minimum atomic E-state index is -0.904. The molecule has 0 radical (unpaired) electrons. The van der Waals surface area contributed by atoms with Crippen LogP contribution in [0, 0.1) is 5.41 Å². The van der Waals surface area contributed by atoms with Crippen LogP contribution in [0.2, 0.25) is 0 Å². The molecule has 1 fully saturated rings. The van der Waals surface area contributed by atoms with Crippen LogP contribution >= 0.6 is 0 Å². The van der Waals surface area contributed by atoms with Crippen molar-refractivity contribution in [2.24, 2.45) is 11.1 Å². The van der Waals surface area contributed by atoms with Gasteiger partial charge in [0.1, 0.15) is 6.04 Å². The van der Waals surface area contributed by atoms with Gasteiger partial charge >= 0.3 is 5.97 Å². The van der Waals surface area contributed by atoms with Crippen molar-refractivity contribution in [3.8, 4) is 0 Å². The molecule has 4 N–H and O–H groups in total.